The van der Waals surface area contributed by atoms with Gasteiger partial charge in [-0.1, -0.05) is 0 Å². The molecule has 88 valence electrons. The van der Waals surface area contributed by atoms with Crippen molar-refractivity contribution in [3.63, 3.8) is 0 Å². The van der Waals surface area contributed by atoms with Gasteiger partial charge in [0.05, 0.1) is 5.69 Å². The fourth-order valence-corrected chi connectivity index (χ4v) is 1.65. The van der Waals surface area contributed by atoms with Gasteiger partial charge in [0, 0.05) is 11.8 Å². The van der Waals surface area contributed by atoms with Crippen LogP contribution in [0.25, 0.3) is 0 Å². The maximum Gasteiger partial charge on any atom is 0.446 e. The van der Waals surface area contributed by atoms with Gasteiger partial charge >= 0.3 is 5.51 Å². The van der Waals surface area contributed by atoms with Gasteiger partial charge in [0.25, 0.3) is 0 Å². The molecule has 0 radical (unpaired) electrons. The molecule has 0 aliphatic heterocycles. The highest BCUT2D eigenvalue weighted by molar-refractivity contribution is 8.00. The Bertz CT molecular complexity index is 405. The number of carbonyl (C=O) groups is 1. The molecule has 0 saturated heterocycles. The van der Waals surface area contributed by atoms with Crippen LogP contribution in [0.15, 0.2) is 23.1 Å². The molecule has 1 N–H and O–H groups in total. The van der Waals surface area contributed by atoms with E-state index in [1.165, 1.54) is 0 Å². The van der Waals surface area contributed by atoms with Gasteiger partial charge in [-0.2, -0.15) is 13.2 Å². The summed E-state index contributed by atoms with van der Waals surface area (Å²) in [4.78, 5) is 10.3. The number of alkyl halides is 3. The maximum absolute atomic E-state index is 12.8. The summed E-state index contributed by atoms with van der Waals surface area (Å²) in [7, 11) is 0. The first kappa shape index (κ1) is 12.8. The van der Waals surface area contributed by atoms with Crippen molar-refractivity contribution >= 4 is 23.4 Å². The van der Waals surface area contributed by atoms with E-state index in [0.29, 0.717) is 0 Å². The van der Waals surface area contributed by atoms with E-state index in [4.69, 9.17) is 0 Å². The Kier molecular flexibility index (Phi) is 3.79. The molecule has 0 fully saturated rings. The van der Waals surface area contributed by atoms with E-state index >= 15 is 0 Å². The Morgan fingerprint density at radius 1 is 1.38 bits per heavy atom. The number of amides is 1. The number of rotatable bonds is 2. The quantitative estimate of drug-likeness (QED) is 0.646. The van der Waals surface area contributed by atoms with E-state index in [1.807, 2.05) is 0 Å². The average Bonchev–Trinajstić information content (AvgIpc) is 2.06. The topological polar surface area (TPSA) is 29.1 Å². The minimum absolute atomic E-state index is 0.0591. The summed E-state index contributed by atoms with van der Waals surface area (Å²) in [5.41, 5.74) is -4.59. The van der Waals surface area contributed by atoms with E-state index in [2.05, 4.69) is 5.32 Å². The largest absolute Gasteiger partial charge is 0.446 e. The van der Waals surface area contributed by atoms with Gasteiger partial charge in [-0.3, -0.25) is 4.79 Å². The van der Waals surface area contributed by atoms with Crippen molar-refractivity contribution in [2.45, 2.75) is 17.3 Å². The highest BCUT2D eigenvalue weighted by Crippen LogP contribution is 2.40. The van der Waals surface area contributed by atoms with Crippen LogP contribution in [0.4, 0.5) is 23.2 Å². The zero-order valence-electron chi connectivity index (χ0n) is 8.06. The highest BCUT2D eigenvalue weighted by atomic mass is 32.2. The van der Waals surface area contributed by atoms with E-state index < -0.39 is 29.0 Å². The van der Waals surface area contributed by atoms with Crippen LogP contribution < -0.4 is 5.32 Å². The summed E-state index contributed by atoms with van der Waals surface area (Å²) in [5.74, 6) is -1.31. The van der Waals surface area contributed by atoms with Crippen LogP contribution in [0, 0.1) is 5.82 Å². The van der Waals surface area contributed by atoms with Crippen molar-refractivity contribution in [3.8, 4) is 0 Å². The summed E-state index contributed by atoms with van der Waals surface area (Å²) in [6.45, 7) is 1.16. The third-order valence-corrected chi connectivity index (χ3v) is 2.27. The molecule has 1 aromatic carbocycles. The average molecular weight is 253 g/mol. The van der Waals surface area contributed by atoms with Crippen molar-refractivity contribution in [2.75, 3.05) is 5.32 Å². The van der Waals surface area contributed by atoms with Crippen LogP contribution in [0.1, 0.15) is 6.92 Å². The fraction of sp³-hybridized carbons (Fsp3) is 0.222. The predicted octanol–water partition coefficient (Wildman–Crippen LogP) is 3.40. The molecule has 2 nitrogen and oxygen atoms in total. The van der Waals surface area contributed by atoms with Gasteiger partial charge in [0.15, 0.2) is 0 Å². The minimum atomic E-state index is -4.53. The number of hydrogen-bond acceptors (Lipinski definition) is 2. The summed E-state index contributed by atoms with van der Waals surface area (Å²) in [6.07, 6.45) is 0. The van der Waals surface area contributed by atoms with Gasteiger partial charge in [0.1, 0.15) is 5.82 Å². The van der Waals surface area contributed by atoms with Crippen LogP contribution >= 0.6 is 11.8 Å². The van der Waals surface area contributed by atoms with E-state index in [1.54, 1.807) is 0 Å². The number of benzene rings is 1. The first-order valence-electron chi connectivity index (χ1n) is 4.11. The molecular weight excluding hydrogens is 246 g/mol. The van der Waals surface area contributed by atoms with Gasteiger partial charge in [-0.25, -0.2) is 4.39 Å². The van der Waals surface area contributed by atoms with E-state index in [0.717, 1.165) is 25.1 Å². The fourth-order valence-electron chi connectivity index (χ4n) is 0.998. The van der Waals surface area contributed by atoms with Crippen LogP contribution in [0.2, 0.25) is 0 Å². The molecule has 0 atom stereocenters. The number of anilines is 1. The van der Waals surface area contributed by atoms with E-state index in [-0.39, 0.29) is 10.6 Å². The van der Waals surface area contributed by atoms with Crippen molar-refractivity contribution in [1.82, 2.24) is 0 Å². The second-order valence-electron chi connectivity index (χ2n) is 2.87. The first-order valence-corrected chi connectivity index (χ1v) is 4.92. The number of nitrogens with one attached hydrogen (secondary N) is 1. The second-order valence-corrected chi connectivity index (χ2v) is 3.98. The molecule has 16 heavy (non-hydrogen) atoms. The molecule has 7 heteroatoms. The first-order chi connectivity index (χ1) is 7.28. The van der Waals surface area contributed by atoms with Gasteiger partial charge in [-0.15, -0.1) is 0 Å². The molecule has 1 amide bonds. The summed E-state index contributed by atoms with van der Waals surface area (Å²) < 4.78 is 49.1. The molecule has 1 aromatic rings. The van der Waals surface area contributed by atoms with Crippen LogP contribution in [0.3, 0.4) is 0 Å². The lowest BCUT2D eigenvalue weighted by molar-refractivity contribution is -0.114. The molecule has 0 unspecified atom stereocenters. The Labute approximate surface area is 93.0 Å². The van der Waals surface area contributed by atoms with E-state index in [9.17, 15) is 22.4 Å². The number of carbonyl (C=O) groups excluding carboxylic acids is 1. The smallest absolute Gasteiger partial charge is 0.325 e. The van der Waals surface area contributed by atoms with Crippen molar-refractivity contribution in [1.29, 1.82) is 0 Å². The molecule has 0 bridgehead atoms. The standard InChI is InChI=1S/C9H7F4NOS/c1-5(15)14-7-3-2-6(10)4-8(7)16-9(11,12)13/h2-4H,1H3,(H,14,15). The van der Waals surface area contributed by atoms with Crippen molar-refractivity contribution in [2.24, 2.45) is 0 Å². The Morgan fingerprint density at radius 3 is 2.50 bits per heavy atom. The Hall–Kier alpha value is -1.24. The Morgan fingerprint density at radius 2 is 2.00 bits per heavy atom. The summed E-state index contributed by atoms with van der Waals surface area (Å²) in [5, 5.41) is 2.20. The zero-order chi connectivity index (χ0) is 12.3. The highest BCUT2D eigenvalue weighted by Gasteiger charge is 2.30. The van der Waals surface area contributed by atoms with Crippen molar-refractivity contribution < 1.29 is 22.4 Å². The molecule has 0 heterocycles. The normalized spacial score (nSPS) is 11.3. The summed E-state index contributed by atoms with van der Waals surface area (Å²) in [6, 6.07) is 2.79. The zero-order valence-corrected chi connectivity index (χ0v) is 8.88. The molecule has 1 rings (SSSR count). The molecule has 0 spiro atoms. The molecule has 0 aliphatic carbocycles. The summed E-state index contributed by atoms with van der Waals surface area (Å²) >= 11 is -0.471. The number of hydrogen-bond donors (Lipinski definition) is 1. The molecule has 0 aromatic heterocycles. The van der Waals surface area contributed by atoms with Gasteiger partial charge in [0.2, 0.25) is 5.91 Å². The van der Waals surface area contributed by atoms with Gasteiger partial charge in [-0.05, 0) is 30.0 Å². The molecular formula is C9H7F4NOS. The van der Waals surface area contributed by atoms with Crippen LogP contribution in [0.5, 0.6) is 0 Å². The third-order valence-electron chi connectivity index (χ3n) is 1.48. The monoisotopic (exact) mass is 253 g/mol. The number of halogens is 4. The lowest BCUT2D eigenvalue weighted by Crippen LogP contribution is -2.08. The lowest BCUT2D eigenvalue weighted by atomic mass is 10.3. The minimum Gasteiger partial charge on any atom is -0.325 e. The third kappa shape index (κ3) is 4.09. The molecule has 0 aliphatic rings. The maximum atomic E-state index is 12.8. The molecule has 0 saturated carbocycles. The lowest BCUT2D eigenvalue weighted by Gasteiger charge is -2.11. The van der Waals surface area contributed by atoms with Crippen molar-refractivity contribution in [3.05, 3.63) is 24.0 Å². The van der Waals surface area contributed by atoms with Crippen LogP contribution in [-0.2, 0) is 4.79 Å². The SMILES string of the molecule is CC(=O)Nc1ccc(F)cc1SC(F)(F)F. The predicted molar refractivity (Wildman–Crippen MR) is 52.6 cm³/mol. The van der Waals surface area contributed by atoms with Gasteiger partial charge < -0.3 is 5.32 Å². The van der Waals surface area contributed by atoms with Crippen LogP contribution in [-0.4, -0.2) is 11.4 Å². The Balaban J connectivity index is 3.03. The second kappa shape index (κ2) is 4.73. The number of thioether (sulfide) groups is 1.